The Kier molecular flexibility index (Phi) is 32.9. The van der Waals surface area contributed by atoms with Crippen LogP contribution in [0.2, 0.25) is 0 Å². The normalized spacial score (nSPS) is 17.1. The number of hydrogen-bond donors (Lipinski definition) is 6. The second-order valence-electron chi connectivity index (χ2n) is 3.87. The van der Waals surface area contributed by atoms with Gasteiger partial charge in [0.25, 0.3) is 0 Å². The fourth-order valence-corrected chi connectivity index (χ4v) is 1.53. The molecule has 11 heteroatoms. The number of nitrogens with zero attached hydrogens (tertiary/aromatic N) is 2. The van der Waals surface area contributed by atoms with E-state index in [1.54, 1.807) is 0 Å². The van der Waals surface area contributed by atoms with Crippen molar-refractivity contribution < 1.29 is 27.8 Å². The van der Waals surface area contributed by atoms with Crippen molar-refractivity contribution in [1.82, 2.24) is 21.3 Å². The Hall–Kier alpha value is -0.828. The molecule has 1 radical (unpaired) electrons. The minimum Gasteiger partial charge on any atom is -0.379 e. The fourth-order valence-electron chi connectivity index (χ4n) is 1.53. The van der Waals surface area contributed by atoms with Gasteiger partial charge in [0, 0.05) is 26.2 Å². The van der Waals surface area contributed by atoms with Crippen LogP contribution in [-0.2, 0) is 17.4 Å². The van der Waals surface area contributed by atoms with E-state index in [9.17, 15) is 0 Å². The smallest absolute Gasteiger partial charge is 0.379 e. The second kappa shape index (κ2) is 27.5. The Morgan fingerprint density at radius 3 is 0.952 bits per heavy atom. The molecule has 21 heavy (non-hydrogen) atoms. The van der Waals surface area contributed by atoms with Gasteiger partial charge in [-0.05, 0) is 39.0 Å². The third kappa shape index (κ3) is 32.6. The topological polar surface area (TPSA) is 147 Å². The second-order valence-corrected chi connectivity index (χ2v) is 3.87. The minimum atomic E-state index is 0. The molecule has 0 aromatic carbocycles. The van der Waals surface area contributed by atoms with E-state index in [0.29, 0.717) is 0 Å². The predicted molar refractivity (Wildman–Crippen MR) is 75.9 cm³/mol. The molecule has 1 fully saturated rings. The maximum Gasteiger partial charge on any atom is 3.00 e. The first kappa shape index (κ1) is 25.1. The van der Waals surface area contributed by atoms with Crippen LogP contribution in [0.15, 0.2) is 10.7 Å². The van der Waals surface area contributed by atoms with E-state index in [-0.39, 0.29) is 17.4 Å². The van der Waals surface area contributed by atoms with Gasteiger partial charge in [0.15, 0.2) is 10.7 Å². The third-order valence-electron chi connectivity index (χ3n) is 2.37. The van der Waals surface area contributed by atoms with Crippen LogP contribution < -0.4 is 21.3 Å². The number of nitrogens with one attached hydrogen (secondary N) is 4. The maximum absolute atomic E-state index is 8.11. The Bertz CT molecular complexity index is 145. The molecule has 6 N–H and O–H groups in total. The van der Waals surface area contributed by atoms with Crippen molar-refractivity contribution in [3.8, 4) is 0 Å². The van der Waals surface area contributed by atoms with E-state index < -0.39 is 0 Å². The first-order valence-electron chi connectivity index (χ1n) is 6.59. The molecule has 1 heterocycles. The summed E-state index contributed by atoms with van der Waals surface area (Å²) in [5, 5.41) is 29.5. The largest absolute Gasteiger partial charge is 3.00 e. The Morgan fingerprint density at radius 2 is 0.762 bits per heavy atom. The van der Waals surface area contributed by atoms with Crippen molar-refractivity contribution >= 4 is 0 Å². The van der Waals surface area contributed by atoms with Crippen molar-refractivity contribution in [2.24, 2.45) is 10.7 Å². The van der Waals surface area contributed by atoms with Crippen molar-refractivity contribution in [1.29, 1.82) is 0 Å². The van der Waals surface area contributed by atoms with E-state index in [2.05, 4.69) is 21.3 Å². The molecule has 0 spiro atoms. The van der Waals surface area contributed by atoms with Crippen molar-refractivity contribution in [2.75, 3.05) is 52.4 Å². The van der Waals surface area contributed by atoms with Gasteiger partial charge in [-0.2, -0.15) is 0 Å². The summed E-state index contributed by atoms with van der Waals surface area (Å²) in [5.41, 5.74) is 0. The van der Waals surface area contributed by atoms with E-state index in [1.807, 2.05) is 0 Å². The molecule has 0 aromatic heterocycles. The average molecular weight is 346 g/mol. The van der Waals surface area contributed by atoms with Crippen molar-refractivity contribution in [2.45, 2.75) is 12.8 Å². The Morgan fingerprint density at radius 1 is 0.571 bits per heavy atom. The quantitative estimate of drug-likeness (QED) is 0.252. The van der Waals surface area contributed by atoms with E-state index in [4.69, 9.17) is 20.2 Å². The molecule has 0 bridgehead atoms. The molecule has 0 amide bonds. The van der Waals surface area contributed by atoms with Gasteiger partial charge in [-0.1, -0.05) is 0 Å². The summed E-state index contributed by atoms with van der Waals surface area (Å²) < 4.78 is 0. The molecule has 123 valence electrons. The van der Waals surface area contributed by atoms with Crippen LogP contribution in [0, 0.1) is 9.81 Å². The van der Waals surface area contributed by atoms with Gasteiger partial charge in [-0.25, -0.2) is 0 Å². The molecule has 1 rings (SSSR count). The molecule has 0 saturated carbocycles. The summed E-state index contributed by atoms with van der Waals surface area (Å²) in [5.74, 6) is 0. The van der Waals surface area contributed by atoms with Gasteiger partial charge in [-0.3, -0.25) is 0 Å². The molecule has 1 aliphatic rings. The summed E-state index contributed by atoms with van der Waals surface area (Å²) in [4.78, 5) is 16.2. The van der Waals surface area contributed by atoms with Crippen LogP contribution in [0.25, 0.3) is 0 Å². The SMILES string of the molecule is C1CNCCNCCCNCCNC1.O=NO.O=NO.[Cr+3]. The monoisotopic (exact) mass is 346 g/mol. The standard InChI is InChI=1S/C10H24N4.Cr.2HNO2/c1-3-11-7-9-13-5-2-6-14-10-8-12-4-1;;2*2-1-3/h11-14H,1-10H2;;2*(H,2,3)/q;+3;;. The minimum absolute atomic E-state index is 0. The summed E-state index contributed by atoms with van der Waals surface area (Å²) in [6, 6.07) is 0. The first-order chi connectivity index (χ1) is 9.83. The molecular weight excluding hydrogens is 320 g/mol. The van der Waals surface area contributed by atoms with Gasteiger partial charge >= 0.3 is 17.4 Å². The number of rotatable bonds is 0. The van der Waals surface area contributed by atoms with Gasteiger partial charge in [0.1, 0.15) is 0 Å². The zero-order chi connectivity index (χ0) is 15.3. The van der Waals surface area contributed by atoms with Crippen LogP contribution in [0.4, 0.5) is 0 Å². The van der Waals surface area contributed by atoms with Crippen LogP contribution in [0.3, 0.4) is 0 Å². The van der Waals surface area contributed by atoms with Crippen LogP contribution in [0.5, 0.6) is 0 Å². The average Bonchev–Trinajstić information content (AvgIpc) is 2.43. The molecule has 0 aliphatic carbocycles. The number of hydrogen-bond acceptors (Lipinski definition) is 8. The zero-order valence-electron chi connectivity index (χ0n) is 12.1. The molecule has 1 aliphatic heterocycles. The van der Waals surface area contributed by atoms with Crippen molar-refractivity contribution in [3.63, 3.8) is 0 Å². The predicted octanol–water partition coefficient (Wildman–Crippen LogP) is -0.580. The molecule has 0 unspecified atom stereocenters. The van der Waals surface area contributed by atoms with E-state index in [0.717, 1.165) is 52.4 Å². The molecular formula is C10H26CrN6O4+3. The van der Waals surface area contributed by atoms with Gasteiger partial charge in [0.05, 0.1) is 0 Å². The van der Waals surface area contributed by atoms with Gasteiger partial charge < -0.3 is 31.7 Å². The van der Waals surface area contributed by atoms with E-state index >= 15 is 0 Å². The van der Waals surface area contributed by atoms with Crippen LogP contribution >= 0.6 is 0 Å². The summed E-state index contributed by atoms with van der Waals surface area (Å²) in [7, 11) is 0. The first-order valence-corrected chi connectivity index (χ1v) is 6.59. The molecule has 10 nitrogen and oxygen atoms in total. The van der Waals surface area contributed by atoms with Gasteiger partial charge in [0.2, 0.25) is 0 Å². The molecule has 0 atom stereocenters. The van der Waals surface area contributed by atoms with Crippen LogP contribution in [-0.4, -0.2) is 62.8 Å². The Balaban J connectivity index is -0.000000400. The van der Waals surface area contributed by atoms with Crippen molar-refractivity contribution in [3.05, 3.63) is 9.81 Å². The van der Waals surface area contributed by atoms with Crippen LogP contribution in [0.1, 0.15) is 12.8 Å². The Labute approximate surface area is 135 Å². The van der Waals surface area contributed by atoms with E-state index in [1.165, 1.54) is 23.5 Å². The summed E-state index contributed by atoms with van der Waals surface area (Å²) in [6.07, 6.45) is 2.44. The molecule has 0 aromatic rings. The summed E-state index contributed by atoms with van der Waals surface area (Å²) in [6.45, 7) is 8.87. The summed E-state index contributed by atoms with van der Waals surface area (Å²) >= 11 is 0. The zero-order valence-corrected chi connectivity index (χ0v) is 13.4. The maximum atomic E-state index is 8.11. The fraction of sp³-hybridized carbons (Fsp3) is 1.00. The molecule has 1 saturated heterocycles. The van der Waals surface area contributed by atoms with Gasteiger partial charge in [-0.15, -0.1) is 9.81 Å². The third-order valence-corrected chi connectivity index (χ3v) is 2.37.